The zero-order chi connectivity index (χ0) is 16.6. The fraction of sp³-hybridized carbons (Fsp3) is 0.111. The summed E-state index contributed by atoms with van der Waals surface area (Å²) in [5.74, 6) is -0.271. The Morgan fingerprint density at radius 3 is 2.61 bits per heavy atom. The van der Waals surface area contributed by atoms with Gasteiger partial charge in [0.2, 0.25) is 11.7 Å². The van der Waals surface area contributed by atoms with E-state index in [1.165, 1.54) is 23.6 Å². The molecule has 23 heavy (non-hydrogen) atoms. The van der Waals surface area contributed by atoms with Crippen molar-refractivity contribution in [1.82, 2.24) is 0 Å². The number of nitrogens with zero attached hydrogens (tertiary/aromatic N) is 1. The summed E-state index contributed by atoms with van der Waals surface area (Å²) in [6.07, 6.45) is 1.58. The molecule has 2 aromatic carbocycles. The summed E-state index contributed by atoms with van der Waals surface area (Å²) >= 11 is 7.63. The SMILES string of the molecule is CC(=O)N(/C=C1\Sc2ccccc2C1=O)c1ccc(C)cc1Cl. The number of carbonyl (C=O) groups is 2. The topological polar surface area (TPSA) is 37.4 Å². The van der Waals surface area contributed by atoms with Crippen LogP contribution in [0.25, 0.3) is 0 Å². The van der Waals surface area contributed by atoms with Crippen LogP contribution < -0.4 is 4.90 Å². The number of amides is 1. The predicted octanol–water partition coefficient (Wildman–Crippen LogP) is 4.83. The average molecular weight is 344 g/mol. The molecule has 3 nitrogen and oxygen atoms in total. The van der Waals surface area contributed by atoms with Crippen molar-refractivity contribution in [1.29, 1.82) is 0 Å². The lowest BCUT2D eigenvalue weighted by molar-refractivity contribution is -0.116. The highest BCUT2D eigenvalue weighted by Gasteiger charge is 2.27. The Morgan fingerprint density at radius 2 is 1.96 bits per heavy atom. The zero-order valence-corrected chi connectivity index (χ0v) is 14.2. The Bertz CT molecular complexity index is 845. The number of ketones is 1. The molecule has 0 aromatic heterocycles. The minimum absolute atomic E-state index is 0.0694. The predicted molar refractivity (Wildman–Crippen MR) is 94.1 cm³/mol. The third-order valence-electron chi connectivity index (χ3n) is 3.52. The monoisotopic (exact) mass is 343 g/mol. The van der Waals surface area contributed by atoms with Gasteiger partial charge in [0.25, 0.3) is 0 Å². The lowest BCUT2D eigenvalue weighted by Gasteiger charge is -2.19. The zero-order valence-electron chi connectivity index (χ0n) is 12.7. The summed E-state index contributed by atoms with van der Waals surface area (Å²) in [7, 11) is 0. The van der Waals surface area contributed by atoms with Crippen LogP contribution in [0.1, 0.15) is 22.8 Å². The number of aryl methyl sites for hydroxylation is 1. The van der Waals surface area contributed by atoms with Crippen molar-refractivity contribution in [3.63, 3.8) is 0 Å². The fourth-order valence-electron chi connectivity index (χ4n) is 2.38. The number of rotatable bonds is 2. The normalized spacial score (nSPS) is 14.9. The van der Waals surface area contributed by atoms with Crippen LogP contribution in [0.2, 0.25) is 5.02 Å². The Kier molecular flexibility index (Phi) is 4.28. The molecule has 0 aliphatic carbocycles. The van der Waals surface area contributed by atoms with E-state index in [1.807, 2.05) is 31.2 Å². The molecule has 0 bridgehead atoms. The highest BCUT2D eigenvalue weighted by Crippen LogP contribution is 2.40. The maximum atomic E-state index is 12.5. The number of thioether (sulfide) groups is 1. The molecule has 0 unspecified atom stereocenters. The van der Waals surface area contributed by atoms with Crippen LogP contribution >= 0.6 is 23.4 Å². The van der Waals surface area contributed by atoms with E-state index in [0.717, 1.165) is 10.5 Å². The van der Waals surface area contributed by atoms with Crippen LogP contribution in [0, 0.1) is 6.92 Å². The van der Waals surface area contributed by atoms with Crippen LogP contribution in [0.3, 0.4) is 0 Å². The highest BCUT2D eigenvalue weighted by atomic mass is 35.5. The summed E-state index contributed by atoms with van der Waals surface area (Å²) < 4.78 is 0. The largest absolute Gasteiger partial charge is 0.288 e. The summed E-state index contributed by atoms with van der Waals surface area (Å²) in [6, 6.07) is 12.9. The molecule has 0 radical (unpaired) electrons. The van der Waals surface area contributed by atoms with Crippen LogP contribution in [0.15, 0.2) is 58.5 Å². The van der Waals surface area contributed by atoms with Crippen LogP contribution in [0.4, 0.5) is 5.69 Å². The second kappa shape index (κ2) is 6.22. The number of allylic oxidation sites excluding steroid dienone is 1. The molecular formula is C18H14ClNO2S. The van der Waals surface area contributed by atoms with Gasteiger partial charge in [0.1, 0.15) is 0 Å². The molecule has 1 amide bonds. The van der Waals surface area contributed by atoms with E-state index in [4.69, 9.17) is 11.6 Å². The number of anilines is 1. The van der Waals surface area contributed by atoms with Crippen molar-refractivity contribution in [3.8, 4) is 0 Å². The van der Waals surface area contributed by atoms with Crippen LogP contribution in [-0.2, 0) is 4.79 Å². The summed E-state index contributed by atoms with van der Waals surface area (Å²) in [5.41, 5.74) is 2.25. The first kappa shape index (κ1) is 15.8. The van der Waals surface area contributed by atoms with Crippen molar-refractivity contribution < 1.29 is 9.59 Å². The Balaban J connectivity index is 2.01. The molecule has 0 saturated carbocycles. The van der Waals surface area contributed by atoms with E-state index in [2.05, 4.69) is 0 Å². The van der Waals surface area contributed by atoms with Gasteiger partial charge in [0.15, 0.2) is 0 Å². The first-order valence-electron chi connectivity index (χ1n) is 7.06. The lowest BCUT2D eigenvalue weighted by atomic mass is 10.1. The van der Waals surface area contributed by atoms with Gasteiger partial charge in [-0.15, -0.1) is 0 Å². The second-order valence-corrected chi connectivity index (χ2v) is 6.76. The van der Waals surface area contributed by atoms with Gasteiger partial charge in [-0.25, -0.2) is 0 Å². The fourth-order valence-corrected chi connectivity index (χ4v) is 3.72. The van der Waals surface area contributed by atoms with E-state index < -0.39 is 0 Å². The molecule has 116 valence electrons. The smallest absolute Gasteiger partial charge is 0.228 e. The Morgan fingerprint density at radius 1 is 1.22 bits per heavy atom. The number of hydrogen-bond donors (Lipinski definition) is 0. The van der Waals surface area contributed by atoms with Crippen LogP contribution in [-0.4, -0.2) is 11.7 Å². The maximum absolute atomic E-state index is 12.5. The number of hydrogen-bond acceptors (Lipinski definition) is 3. The standard InChI is InChI=1S/C18H14ClNO2S/c1-11-7-8-15(14(19)9-11)20(12(2)21)10-17-18(22)13-5-3-4-6-16(13)23-17/h3-10H,1-2H3/b17-10-. The Hall–Kier alpha value is -2.04. The van der Waals surface area contributed by atoms with Crippen molar-refractivity contribution in [2.75, 3.05) is 4.90 Å². The highest BCUT2D eigenvalue weighted by molar-refractivity contribution is 8.04. The maximum Gasteiger partial charge on any atom is 0.228 e. The third kappa shape index (κ3) is 3.05. The Labute approximate surface area is 143 Å². The summed E-state index contributed by atoms with van der Waals surface area (Å²) in [4.78, 5) is 27.4. The van der Waals surface area contributed by atoms with Crippen molar-refractivity contribution >= 4 is 40.7 Å². The van der Waals surface area contributed by atoms with E-state index in [0.29, 0.717) is 21.2 Å². The number of carbonyl (C=O) groups excluding carboxylic acids is 2. The van der Waals surface area contributed by atoms with Gasteiger partial charge in [0.05, 0.1) is 15.6 Å². The molecule has 0 atom stereocenters. The molecule has 0 spiro atoms. The number of Topliss-reactive ketones (excluding diaryl/α,β-unsaturated/α-hetero) is 1. The molecule has 1 heterocycles. The van der Waals surface area contributed by atoms with Gasteiger partial charge in [-0.2, -0.15) is 0 Å². The van der Waals surface area contributed by atoms with Crippen LogP contribution in [0.5, 0.6) is 0 Å². The van der Waals surface area contributed by atoms with Crippen molar-refractivity contribution in [3.05, 3.63) is 69.7 Å². The number of halogens is 1. The van der Waals surface area contributed by atoms with E-state index in [9.17, 15) is 9.59 Å². The number of benzene rings is 2. The van der Waals surface area contributed by atoms with E-state index in [1.54, 1.807) is 24.4 Å². The molecule has 0 N–H and O–H groups in total. The summed E-state index contributed by atoms with van der Waals surface area (Å²) in [6.45, 7) is 3.38. The number of fused-ring (bicyclic) bond motifs is 1. The molecule has 0 fully saturated rings. The van der Waals surface area contributed by atoms with Crippen molar-refractivity contribution in [2.45, 2.75) is 18.7 Å². The molecule has 3 rings (SSSR count). The van der Waals surface area contributed by atoms with E-state index in [-0.39, 0.29) is 11.7 Å². The average Bonchev–Trinajstić information content (AvgIpc) is 2.82. The first-order chi connectivity index (χ1) is 11.0. The minimum Gasteiger partial charge on any atom is -0.288 e. The van der Waals surface area contributed by atoms with Crippen molar-refractivity contribution in [2.24, 2.45) is 0 Å². The second-order valence-electron chi connectivity index (χ2n) is 5.26. The van der Waals surface area contributed by atoms with Gasteiger partial charge < -0.3 is 0 Å². The quantitative estimate of drug-likeness (QED) is 0.733. The van der Waals surface area contributed by atoms with E-state index >= 15 is 0 Å². The molecule has 2 aromatic rings. The molecule has 0 saturated heterocycles. The van der Waals surface area contributed by atoms with Gasteiger partial charge in [-0.1, -0.05) is 41.6 Å². The van der Waals surface area contributed by atoms with Gasteiger partial charge >= 0.3 is 0 Å². The summed E-state index contributed by atoms with van der Waals surface area (Å²) in [5, 5.41) is 0.477. The molecule has 1 aliphatic heterocycles. The lowest BCUT2D eigenvalue weighted by Crippen LogP contribution is -2.23. The molecule has 5 heteroatoms. The first-order valence-corrected chi connectivity index (χ1v) is 8.26. The van der Waals surface area contributed by atoms with Gasteiger partial charge in [0, 0.05) is 23.6 Å². The third-order valence-corrected chi connectivity index (χ3v) is 4.91. The molecular weight excluding hydrogens is 330 g/mol. The molecule has 1 aliphatic rings. The minimum atomic E-state index is -0.201. The van der Waals surface area contributed by atoms with Gasteiger partial charge in [-0.05, 0) is 36.8 Å². The van der Waals surface area contributed by atoms with Gasteiger partial charge in [-0.3, -0.25) is 14.5 Å².